The quantitative estimate of drug-likeness (QED) is 0.887. The number of hydrogen-bond donors (Lipinski definition) is 1. The fourth-order valence-corrected chi connectivity index (χ4v) is 2.26. The van der Waals surface area contributed by atoms with Crippen molar-refractivity contribution in [1.82, 2.24) is 4.90 Å². The number of amides is 1. The lowest BCUT2D eigenvalue weighted by molar-refractivity contribution is -0.157. The van der Waals surface area contributed by atoms with Gasteiger partial charge in [-0.1, -0.05) is 0 Å². The summed E-state index contributed by atoms with van der Waals surface area (Å²) in [5.41, 5.74) is 0. The normalized spacial score (nSPS) is 24.1. The van der Waals surface area contributed by atoms with Gasteiger partial charge in [-0.05, 0) is 31.9 Å². The van der Waals surface area contributed by atoms with Gasteiger partial charge in [0, 0.05) is 7.05 Å². The molecule has 1 aliphatic carbocycles. The molecule has 1 amide bonds. The van der Waals surface area contributed by atoms with E-state index < -0.39 is 11.9 Å². The second-order valence-electron chi connectivity index (χ2n) is 4.77. The number of aliphatic carboxylic acids is 1. The maximum atomic E-state index is 12.2. The number of carbonyl (C=O) groups excluding carboxylic acids is 1. The zero-order valence-electron chi connectivity index (χ0n) is 10.5. The first kappa shape index (κ1) is 12.7. The Labute approximate surface area is 105 Å². The van der Waals surface area contributed by atoms with Gasteiger partial charge in [-0.15, -0.1) is 0 Å². The first-order valence-corrected chi connectivity index (χ1v) is 6.05. The maximum absolute atomic E-state index is 12.2. The van der Waals surface area contributed by atoms with E-state index in [0.29, 0.717) is 18.6 Å². The van der Waals surface area contributed by atoms with Gasteiger partial charge in [-0.3, -0.25) is 9.59 Å². The predicted octanol–water partition coefficient (Wildman–Crippen LogP) is 1.91. The molecule has 98 valence electrons. The van der Waals surface area contributed by atoms with Crippen molar-refractivity contribution in [2.45, 2.75) is 25.8 Å². The van der Waals surface area contributed by atoms with E-state index in [9.17, 15) is 9.59 Å². The van der Waals surface area contributed by atoms with Crippen LogP contribution in [0, 0.1) is 11.8 Å². The number of carboxylic acids is 1. The summed E-state index contributed by atoms with van der Waals surface area (Å²) in [5.74, 6) is -1.19. The summed E-state index contributed by atoms with van der Waals surface area (Å²) in [6.45, 7) is 1.87. The van der Waals surface area contributed by atoms with Crippen molar-refractivity contribution in [3.05, 3.63) is 24.2 Å². The molecule has 3 atom stereocenters. The minimum atomic E-state index is -0.876. The van der Waals surface area contributed by atoms with Crippen molar-refractivity contribution in [1.29, 1.82) is 0 Å². The van der Waals surface area contributed by atoms with Crippen LogP contribution in [0.1, 0.15) is 31.6 Å². The fourth-order valence-electron chi connectivity index (χ4n) is 2.26. The lowest BCUT2D eigenvalue weighted by Crippen LogP contribution is -2.45. The Bertz CT molecular complexity index is 440. The lowest BCUT2D eigenvalue weighted by Gasteiger charge is -2.36. The van der Waals surface area contributed by atoms with Crippen LogP contribution in [0.15, 0.2) is 22.8 Å². The van der Waals surface area contributed by atoms with Gasteiger partial charge < -0.3 is 14.4 Å². The molecule has 2 rings (SSSR count). The Morgan fingerprint density at radius 1 is 1.44 bits per heavy atom. The SMILES string of the molecule is CC(c1ccco1)N(C)C(=O)C1CCC1C(=O)O. The Hall–Kier alpha value is -1.78. The minimum Gasteiger partial charge on any atom is -0.481 e. The van der Waals surface area contributed by atoms with Crippen LogP contribution in [0.3, 0.4) is 0 Å². The molecule has 3 unspecified atom stereocenters. The summed E-state index contributed by atoms with van der Waals surface area (Å²) < 4.78 is 5.26. The van der Waals surface area contributed by atoms with Gasteiger partial charge in [-0.2, -0.15) is 0 Å². The molecule has 1 N–H and O–H groups in total. The van der Waals surface area contributed by atoms with E-state index in [0.717, 1.165) is 0 Å². The van der Waals surface area contributed by atoms with Crippen LogP contribution in [-0.4, -0.2) is 28.9 Å². The van der Waals surface area contributed by atoms with Crippen LogP contribution in [0.5, 0.6) is 0 Å². The number of nitrogens with zero attached hydrogens (tertiary/aromatic N) is 1. The average Bonchev–Trinajstić information content (AvgIpc) is 2.77. The van der Waals surface area contributed by atoms with E-state index in [1.165, 1.54) is 0 Å². The third-order valence-corrected chi connectivity index (χ3v) is 3.79. The Balaban J connectivity index is 2.03. The fraction of sp³-hybridized carbons (Fsp3) is 0.538. The molecule has 1 fully saturated rings. The Kier molecular flexibility index (Phi) is 3.41. The summed E-state index contributed by atoms with van der Waals surface area (Å²) in [6, 6.07) is 3.40. The highest BCUT2D eigenvalue weighted by Crippen LogP contribution is 2.37. The van der Waals surface area contributed by atoms with E-state index in [1.807, 2.05) is 13.0 Å². The monoisotopic (exact) mass is 251 g/mol. The van der Waals surface area contributed by atoms with Crippen LogP contribution in [0.25, 0.3) is 0 Å². The Morgan fingerprint density at radius 2 is 2.11 bits per heavy atom. The molecule has 0 bridgehead atoms. The summed E-state index contributed by atoms with van der Waals surface area (Å²) in [7, 11) is 1.69. The first-order chi connectivity index (χ1) is 8.52. The van der Waals surface area contributed by atoms with E-state index in [2.05, 4.69) is 0 Å². The van der Waals surface area contributed by atoms with Crippen molar-refractivity contribution in [3.63, 3.8) is 0 Å². The van der Waals surface area contributed by atoms with Gasteiger partial charge in [0.25, 0.3) is 0 Å². The van der Waals surface area contributed by atoms with Gasteiger partial charge in [0.1, 0.15) is 5.76 Å². The van der Waals surface area contributed by atoms with Crippen LogP contribution in [-0.2, 0) is 9.59 Å². The number of carboxylic acid groups (broad SMARTS) is 1. The molecule has 1 aliphatic rings. The van der Waals surface area contributed by atoms with E-state index >= 15 is 0 Å². The van der Waals surface area contributed by atoms with Gasteiger partial charge in [0.05, 0.1) is 24.1 Å². The maximum Gasteiger partial charge on any atom is 0.307 e. The number of carbonyl (C=O) groups is 2. The number of furan rings is 1. The average molecular weight is 251 g/mol. The smallest absolute Gasteiger partial charge is 0.307 e. The Morgan fingerprint density at radius 3 is 2.56 bits per heavy atom. The van der Waals surface area contributed by atoms with Crippen molar-refractivity contribution >= 4 is 11.9 Å². The largest absolute Gasteiger partial charge is 0.481 e. The van der Waals surface area contributed by atoms with Crippen molar-refractivity contribution in [3.8, 4) is 0 Å². The third kappa shape index (κ3) is 2.12. The molecule has 1 heterocycles. The highest BCUT2D eigenvalue weighted by molar-refractivity contribution is 5.86. The molecule has 0 aromatic carbocycles. The zero-order valence-corrected chi connectivity index (χ0v) is 10.5. The molecule has 0 saturated heterocycles. The zero-order chi connectivity index (χ0) is 13.3. The van der Waals surface area contributed by atoms with E-state index in [-0.39, 0.29) is 17.9 Å². The summed E-state index contributed by atoms with van der Waals surface area (Å²) in [4.78, 5) is 24.7. The molecule has 0 aliphatic heterocycles. The van der Waals surface area contributed by atoms with Crippen LogP contribution >= 0.6 is 0 Å². The van der Waals surface area contributed by atoms with Crippen LogP contribution < -0.4 is 0 Å². The van der Waals surface area contributed by atoms with Crippen molar-refractivity contribution in [2.75, 3.05) is 7.05 Å². The molecule has 1 saturated carbocycles. The first-order valence-electron chi connectivity index (χ1n) is 6.05. The number of hydrogen-bond acceptors (Lipinski definition) is 3. The molecule has 18 heavy (non-hydrogen) atoms. The molecule has 5 heteroatoms. The molecule has 0 radical (unpaired) electrons. The molecule has 5 nitrogen and oxygen atoms in total. The van der Waals surface area contributed by atoms with Gasteiger partial charge in [0.15, 0.2) is 0 Å². The molecule has 1 aromatic rings. The summed E-state index contributed by atoms with van der Waals surface area (Å²) in [6.07, 6.45) is 2.81. The molecule has 1 aromatic heterocycles. The summed E-state index contributed by atoms with van der Waals surface area (Å²) in [5, 5.41) is 8.97. The minimum absolute atomic E-state index is 0.113. The predicted molar refractivity (Wildman–Crippen MR) is 63.7 cm³/mol. The molecular formula is C13H17NO4. The topological polar surface area (TPSA) is 70.8 Å². The summed E-state index contributed by atoms with van der Waals surface area (Å²) >= 11 is 0. The van der Waals surface area contributed by atoms with Gasteiger partial charge in [0.2, 0.25) is 5.91 Å². The number of rotatable bonds is 4. The van der Waals surface area contributed by atoms with Gasteiger partial charge >= 0.3 is 5.97 Å². The van der Waals surface area contributed by atoms with E-state index in [1.54, 1.807) is 24.3 Å². The second-order valence-corrected chi connectivity index (χ2v) is 4.77. The third-order valence-electron chi connectivity index (χ3n) is 3.79. The molecule has 0 spiro atoms. The lowest BCUT2D eigenvalue weighted by atomic mass is 9.73. The second kappa shape index (κ2) is 4.84. The highest BCUT2D eigenvalue weighted by atomic mass is 16.4. The van der Waals surface area contributed by atoms with Gasteiger partial charge in [-0.25, -0.2) is 0 Å². The highest BCUT2D eigenvalue weighted by Gasteiger charge is 2.43. The van der Waals surface area contributed by atoms with Crippen LogP contribution in [0.2, 0.25) is 0 Å². The molecular weight excluding hydrogens is 234 g/mol. The van der Waals surface area contributed by atoms with Crippen LogP contribution in [0.4, 0.5) is 0 Å². The van der Waals surface area contributed by atoms with Crippen molar-refractivity contribution < 1.29 is 19.1 Å². The van der Waals surface area contributed by atoms with E-state index in [4.69, 9.17) is 9.52 Å². The van der Waals surface area contributed by atoms with Crippen molar-refractivity contribution in [2.24, 2.45) is 11.8 Å². The standard InChI is InChI=1S/C13H17NO4/c1-8(11-4-3-7-18-11)14(2)12(15)9-5-6-10(9)13(16)17/h3-4,7-10H,5-6H2,1-2H3,(H,16,17).